The number of carbonyl (C=O) groups excluding carboxylic acids is 1. The summed E-state index contributed by atoms with van der Waals surface area (Å²) in [6, 6.07) is 10.1. The van der Waals surface area contributed by atoms with Crippen LogP contribution in [0.25, 0.3) is 16.3 Å². The third kappa shape index (κ3) is 4.00. The van der Waals surface area contributed by atoms with E-state index in [1.165, 1.54) is 32.2 Å². The van der Waals surface area contributed by atoms with Gasteiger partial charge in [0.1, 0.15) is 11.0 Å². The first kappa shape index (κ1) is 24.0. The van der Waals surface area contributed by atoms with Gasteiger partial charge in [-0.05, 0) is 47.2 Å². The van der Waals surface area contributed by atoms with E-state index in [9.17, 15) is 31.1 Å². The number of halogens is 6. The number of Topliss-reactive ketones (excluding diaryl/α,β-unsaturated/α-hetero) is 1. The van der Waals surface area contributed by atoms with Crippen molar-refractivity contribution >= 4 is 33.9 Å². The normalized spacial score (nSPS) is 17.1. The Kier molecular flexibility index (Phi) is 5.83. The average molecular weight is 497 g/mol. The third-order valence-electron chi connectivity index (χ3n) is 5.58. The first-order valence-electron chi connectivity index (χ1n) is 9.90. The lowest BCUT2D eigenvalue weighted by atomic mass is 9.88. The number of fused-ring (bicyclic) bond motifs is 1. The molecule has 0 aliphatic carbocycles. The zero-order valence-corrected chi connectivity index (χ0v) is 18.6. The summed E-state index contributed by atoms with van der Waals surface area (Å²) in [5.41, 5.74) is 3.28. The van der Waals surface area contributed by atoms with Crippen molar-refractivity contribution in [1.29, 1.82) is 0 Å². The Labute approximate surface area is 194 Å². The van der Waals surface area contributed by atoms with E-state index in [1.54, 1.807) is 12.1 Å². The minimum absolute atomic E-state index is 0.0947. The molecule has 2 N–H and O–H groups in total. The largest absolute Gasteiger partial charge is 0.496 e. The second-order valence-corrected chi connectivity index (χ2v) is 8.87. The highest BCUT2D eigenvalue weighted by Crippen LogP contribution is 2.53. The van der Waals surface area contributed by atoms with Gasteiger partial charge in [0.05, 0.1) is 28.8 Å². The van der Waals surface area contributed by atoms with E-state index in [0.717, 1.165) is 18.2 Å². The molecule has 0 radical (unpaired) electrons. The van der Waals surface area contributed by atoms with E-state index in [4.69, 9.17) is 10.5 Å². The van der Waals surface area contributed by atoms with Crippen LogP contribution in [0, 0.1) is 6.92 Å². The molecule has 3 aromatic carbocycles. The molecule has 1 aliphatic heterocycles. The van der Waals surface area contributed by atoms with Gasteiger partial charge in [-0.1, -0.05) is 42.1 Å². The summed E-state index contributed by atoms with van der Waals surface area (Å²) in [6.45, 7) is 1.29. The van der Waals surface area contributed by atoms with E-state index in [1.807, 2.05) is 0 Å². The fourth-order valence-electron chi connectivity index (χ4n) is 4.23. The van der Waals surface area contributed by atoms with Crippen molar-refractivity contribution in [3.63, 3.8) is 0 Å². The van der Waals surface area contributed by atoms with Gasteiger partial charge in [-0.25, -0.2) is 0 Å². The molecule has 0 bridgehead atoms. The van der Waals surface area contributed by atoms with Crippen molar-refractivity contribution in [1.82, 2.24) is 0 Å². The highest BCUT2D eigenvalue weighted by molar-refractivity contribution is 8.04. The fraction of sp³-hybridized carbons (Fsp3) is 0.208. The molecule has 0 spiro atoms. The summed E-state index contributed by atoms with van der Waals surface area (Å²) in [4.78, 5) is 13.5. The summed E-state index contributed by atoms with van der Waals surface area (Å²) in [7, 11) is 1.30. The van der Waals surface area contributed by atoms with Gasteiger partial charge >= 0.3 is 12.4 Å². The molecular formula is C24H17F6NO2S. The molecular weight excluding hydrogens is 480 g/mol. The SMILES string of the molecule is COc1cccc2cc(C)c(C(F)(F)F)c(C3SC(N)=C(c4cccc(C(F)(F)F)c4)C3=O)c12. The second kappa shape index (κ2) is 8.26. The van der Waals surface area contributed by atoms with Crippen molar-refractivity contribution in [2.45, 2.75) is 24.5 Å². The number of allylic oxidation sites excluding steroid dienone is 1. The van der Waals surface area contributed by atoms with Crippen LogP contribution >= 0.6 is 11.8 Å². The van der Waals surface area contributed by atoms with Crippen LogP contribution in [0.2, 0.25) is 0 Å². The second-order valence-electron chi connectivity index (χ2n) is 7.72. The maximum Gasteiger partial charge on any atom is 0.417 e. The molecule has 3 nitrogen and oxygen atoms in total. The number of carbonyl (C=O) groups is 1. The Bertz CT molecular complexity index is 1340. The number of methoxy groups -OCH3 is 1. The maximum atomic E-state index is 14.2. The lowest BCUT2D eigenvalue weighted by molar-refractivity contribution is -0.139. The van der Waals surface area contributed by atoms with Gasteiger partial charge in [0.2, 0.25) is 0 Å². The molecule has 3 aromatic rings. The predicted molar refractivity (Wildman–Crippen MR) is 118 cm³/mol. The van der Waals surface area contributed by atoms with Gasteiger partial charge in [-0.3, -0.25) is 4.79 Å². The van der Waals surface area contributed by atoms with Gasteiger partial charge in [0.25, 0.3) is 0 Å². The number of alkyl halides is 6. The number of nitrogens with two attached hydrogens (primary N) is 1. The van der Waals surface area contributed by atoms with Gasteiger partial charge in [0.15, 0.2) is 5.78 Å². The average Bonchev–Trinajstić information content (AvgIpc) is 3.04. The summed E-state index contributed by atoms with van der Waals surface area (Å²) < 4.78 is 87.6. The molecule has 1 aliphatic rings. The molecule has 1 heterocycles. The number of benzene rings is 3. The maximum absolute atomic E-state index is 14.2. The third-order valence-corrected chi connectivity index (χ3v) is 6.73. The fourth-order valence-corrected chi connectivity index (χ4v) is 5.39. The van der Waals surface area contributed by atoms with Crippen LogP contribution in [0.1, 0.15) is 33.1 Å². The lowest BCUT2D eigenvalue weighted by Gasteiger charge is -2.23. The number of ether oxygens (including phenoxy) is 1. The summed E-state index contributed by atoms with van der Waals surface area (Å²) >= 11 is 0.687. The Hall–Kier alpha value is -3.14. The summed E-state index contributed by atoms with van der Waals surface area (Å²) in [5, 5.41) is -1.03. The Morgan fingerprint density at radius 3 is 2.26 bits per heavy atom. The van der Waals surface area contributed by atoms with Crippen LogP contribution in [0.4, 0.5) is 26.3 Å². The Balaban J connectivity index is 1.95. The van der Waals surface area contributed by atoms with E-state index in [0.29, 0.717) is 17.1 Å². The molecule has 0 saturated heterocycles. The van der Waals surface area contributed by atoms with E-state index in [-0.39, 0.29) is 38.4 Å². The minimum Gasteiger partial charge on any atom is -0.496 e. The van der Waals surface area contributed by atoms with Crippen LogP contribution < -0.4 is 10.5 Å². The quantitative estimate of drug-likeness (QED) is 0.401. The first-order valence-corrected chi connectivity index (χ1v) is 10.8. The summed E-state index contributed by atoms with van der Waals surface area (Å²) in [5.74, 6) is -0.664. The molecule has 4 rings (SSSR count). The van der Waals surface area contributed by atoms with Crippen molar-refractivity contribution < 1.29 is 35.9 Å². The molecule has 178 valence electrons. The van der Waals surface area contributed by atoms with Crippen LogP contribution in [0.3, 0.4) is 0 Å². The molecule has 1 unspecified atom stereocenters. The predicted octanol–water partition coefficient (Wildman–Crippen LogP) is 6.88. The molecule has 34 heavy (non-hydrogen) atoms. The van der Waals surface area contributed by atoms with Crippen LogP contribution in [-0.4, -0.2) is 12.9 Å². The van der Waals surface area contributed by atoms with E-state index < -0.39 is 34.5 Å². The van der Waals surface area contributed by atoms with Crippen molar-refractivity contribution in [2.24, 2.45) is 5.73 Å². The highest BCUT2D eigenvalue weighted by Gasteiger charge is 2.44. The Morgan fingerprint density at radius 2 is 1.65 bits per heavy atom. The number of hydrogen-bond donors (Lipinski definition) is 1. The van der Waals surface area contributed by atoms with Crippen molar-refractivity contribution in [3.8, 4) is 5.75 Å². The van der Waals surface area contributed by atoms with Gasteiger partial charge in [0, 0.05) is 5.39 Å². The topological polar surface area (TPSA) is 52.3 Å². The lowest BCUT2D eigenvalue weighted by Crippen LogP contribution is -2.17. The van der Waals surface area contributed by atoms with Crippen LogP contribution in [0.5, 0.6) is 5.75 Å². The number of ketones is 1. The zero-order valence-electron chi connectivity index (χ0n) is 17.8. The van der Waals surface area contributed by atoms with Gasteiger partial charge < -0.3 is 10.5 Å². The number of hydrogen-bond acceptors (Lipinski definition) is 4. The Morgan fingerprint density at radius 1 is 0.971 bits per heavy atom. The van der Waals surface area contributed by atoms with E-state index >= 15 is 0 Å². The standard InChI is InChI=1S/C24H17F6NO2S/c1-11-9-12-6-4-8-15(33-2)16(12)18(19(11)24(28,29)30)21-20(32)17(22(31)34-21)13-5-3-7-14(10-13)23(25,26)27/h3-10,21H,31H2,1-2H3. The zero-order chi connectivity index (χ0) is 25.0. The van der Waals surface area contributed by atoms with E-state index in [2.05, 4.69) is 0 Å². The van der Waals surface area contributed by atoms with Crippen LogP contribution in [-0.2, 0) is 17.1 Å². The first-order chi connectivity index (χ1) is 15.8. The van der Waals surface area contributed by atoms with Crippen LogP contribution in [0.15, 0.2) is 53.6 Å². The molecule has 0 saturated carbocycles. The molecule has 0 amide bonds. The smallest absolute Gasteiger partial charge is 0.417 e. The number of thioether (sulfide) groups is 1. The highest BCUT2D eigenvalue weighted by atomic mass is 32.2. The van der Waals surface area contributed by atoms with Crippen molar-refractivity contribution in [3.05, 3.63) is 81.4 Å². The molecule has 10 heteroatoms. The minimum atomic E-state index is -4.80. The summed E-state index contributed by atoms with van der Waals surface area (Å²) in [6.07, 6.45) is -9.47. The molecule has 0 aromatic heterocycles. The van der Waals surface area contributed by atoms with Crippen molar-refractivity contribution in [2.75, 3.05) is 7.11 Å². The monoisotopic (exact) mass is 497 g/mol. The number of rotatable bonds is 3. The molecule has 1 atom stereocenters. The van der Waals surface area contributed by atoms with Gasteiger partial charge in [-0.15, -0.1) is 0 Å². The van der Waals surface area contributed by atoms with Gasteiger partial charge in [-0.2, -0.15) is 26.3 Å². The molecule has 0 fully saturated rings. The number of aryl methyl sites for hydroxylation is 1.